The number of carbonyl (C=O) groups excluding carboxylic acids is 1. The van der Waals surface area contributed by atoms with Gasteiger partial charge in [0, 0.05) is 24.7 Å². The Balaban J connectivity index is 1.38. The average molecular weight is 570 g/mol. The fourth-order valence-electron chi connectivity index (χ4n) is 5.50. The molecule has 1 fully saturated rings. The Bertz CT molecular complexity index is 1640. The van der Waals surface area contributed by atoms with Crippen molar-refractivity contribution in [3.05, 3.63) is 90.4 Å². The summed E-state index contributed by atoms with van der Waals surface area (Å²) in [5.74, 6) is 0.356. The molecule has 1 aliphatic carbocycles. The third kappa shape index (κ3) is 5.28. The van der Waals surface area contributed by atoms with Gasteiger partial charge in [0.1, 0.15) is 24.6 Å². The van der Waals surface area contributed by atoms with E-state index in [4.69, 9.17) is 20.8 Å². The van der Waals surface area contributed by atoms with Gasteiger partial charge in [-0.3, -0.25) is 4.79 Å². The van der Waals surface area contributed by atoms with Gasteiger partial charge in [0.15, 0.2) is 17.0 Å². The van der Waals surface area contributed by atoms with Gasteiger partial charge in [0.2, 0.25) is 5.91 Å². The molecule has 13 nitrogen and oxygen atoms in total. The molecule has 0 aliphatic heterocycles. The van der Waals surface area contributed by atoms with Crippen LogP contribution in [0, 0.1) is 0 Å². The van der Waals surface area contributed by atoms with E-state index >= 15 is 0 Å². The Labute approximate surface area is 240 Å². The summed E-state index contributed by atoms with van der Waals surface area (Å²) in [7, 11) is 0. The monoisotopic (exact) mass is 569 g/mol. The first-order chi connectivity index (χ1) is 20.4. The zero-order valence-corrected chi connectivity index (χ0v) is 22.5. The molecular weight excluding hydrogens is 538 g/mol. The van der Waals surface area contributed by atoms with Gasteiger partial charge in [0.05, 0.1) is 18.4 Å². The number of benzene rings is 2. The molecule has 2 aromatic carbocycles. The van der Waals surface area contributed by atoms with Crippen molar-refractivity contribution in [2.24, 2.45) is 0 Å². The van der Waals surface area contributed by atoms with Crippen LogP contribution in [0.5, 0.6) is 0 Å². The van der Waals surface area contributed by atoms with Gasteiger partial charge < -0.3 is 36.3 Å². The number of nitrogen functional groups attached to an aromatic ring is 1. The Morgan fingerprint density at radius 1 is 1.00 bits per heavy atom. The molecule has 5 aromatic rings. The molecule has 0 unspecified atom stereocenters. The number of carbonyl (C=O) groups is 1. The van der Waals surface area contributed by atoms with E-state index in [1.807, 2.05) is 36.4 Å². The van der Waals surface area contributed by atoms with Crippen molar-refractivity contribution >= 4 is 28.7 Å². The van der Waals surface area contributed by atoms with E-state index in [0.29, 0.717) is 29.3 Å². The summed E-state index contributed by atoms with van der Waals surface area (Å²) in [5.41, 5.74) is 8.99. The SMILES string of the molecule is Nc1ccn(-c2nc(NCC(c3ccccc3)c3ccccc3)c3ncn([C@@H]4C[C@H](NC(=O)CO)[C@@H](O)[C@H]4O)c3n2)n1. The van der Waals surface area contributed by atoms with E-state index in [0.717, 1.165) is 11.1 Å². The molecule has 0 spiro atoms. The lowest BCUT2D eigenvalue weighted by molar-refractivity contribution is -0.125. The summed E-state index contributed by atoms with van der Waals surface area (Å²) in [6, 6.07) is 20.5. The second-order valence-corrected chi connectivity index (χ2v) is 10.3. The highest BCUT2D eigenvalue weighted by atomic mass is 16.3. The summed E-state index contributed by atoms with van der Waals surface area (Å²) in [5, 5.41) is 41.0. The zero-order chi connectivity index (χ0) is 29.2. The van der Waals surface area contributed by atoms with E-state index in [-0.39, 0.29) is 18.3 Å². The minimum atomic E-state index is -1.25. The fraction of sp³-hybridized carbons (Fsp3) is 0.276. The van der Waals surface area contributed by atoms with Crippen molar-refractivity contribution in [2.75, 3.05) is 24.2 Å². The van der Waals surface area contributed by atoms with E-state index in [2.05, 4.69) is 45.0 Å². The average Bonchev–Trinajstić information content (AvgIpc) is 3.72. The number of aliphatic hydroxyl groups is 3. The predicted octanol–water partition coefficient (Wildman–Crippen LogP) is 0.982. The highest BCUT2D eigenvalue weighted by molar-refractivity contribution is 5.84. The molecule has 3 aromatic heterocycles. The number of rotatable bonds is 9. The summed E-state index contributed by atoms with van der Waals surface area (Å²) in [4.78, 5) is 25.8. The molecule has 216 valence electrons. The van der Waals surface area contributed by atoms with E-state index in [1.54, 1.807) is 16.8 Å². The second kappa shape index (κ2) is 11.6. The molecule has 0 saturated heterocycles. The number of anilines is 2. The topological polar surface area (TPSA) is 189 Å². The van der Waals surface area contributed by atoms with Crippen LogP contribution in [0.4, 0.5) is 11.6 Å². The maximum Gasteiger partial charge on any atom is 0.254 e. The maximum absolute atomic E-state index is 11.8. The van der Waals surface area contributed by atoms with Gasteiger partial charge >= 0.3 is 0 Å². The number of fused-ring (bicyclic) bond motifs is 1. The molecule has 4 atom stereocenters. The van der Waals surface area contributed by atoms with Crippen LogP contribution < -0.4 is 16.4 Å². The van der Waals surface area contributed by atoms with Gasteiger partial charge in [-0.15, -0.1) is 5.10 Å². The quantitative estimate of drug-likeness (QED) is 0.149. The third-order valence-electron chi connectivity index (χ3n) is 7.60. The number of aliphatic hydroxyl groups excluding tert-OH is 3. The van der Waals surface area contributed by atoms with Gasteiger partial charge in [0.25, 0.3) is 5.95 Å². The number of amides is 1. The molecule has 13 heteroatoms. The standard InChI is InChI=1S/C29H31N9O4/c30-22-11-12-38(36-22)29-34-27(31-14-19(17-7-3-1-4-8-17)18-9-5-2-6-10-18)24-28(35-29)37(16-32-24)21-13-20(25(41)26(21)42)33-23(40)15-39/h1-12,16,19-21,25-26,39,41-42H,13-15H2,(H2,30,36)(H,33,40)(H,31,34,35)/t20-,21+,25+,26-/m0/s1. The first-order valence-corrected chi connectivity index (χ1v) is 13.6. The van der Waals surface area contributed by atoms with Crippen molar-refractivity contribution in [2.45, 2.75) is 36.6 Å². The van der Waals surface area contributed by atoms with Gasteiger partial charge in [-0.2, -0.15) is 9.97 Å². The molecule has 1 aliphatic rings. The van der Waals surface area contributed by atoms with Crippen LogP contribution in [0.25, 0.3) is 17.1 Å². The molecule has 42 heavy (non-hydrogen) atoms. The first-order valence-electron chi connectivity index (χ1n) is 13.6. The smallest absolute Gasteiger partial charge is 0.254 e. The molecule has 0 radical (unpaired) electrons. The van der Waals surface area contributed by atoms with Crippen LogP contribution in [0.3, 0.4) is 0 Å². The molecule has 1 saturated carbocycles. The number of aromatic nitrogens is 6. The molecule has 6 rings (SSSR count). The summed E-state index contributed by atoms with van der Waals surface area (Å²) in [6.45, 7) is -0.225. The molecule has 7 N–H and O–H groups in total. The number of hydrogen-bond donors (Lipinski definition) is 6. The van der Waals surface area contributed by atoms with Crippen LogP contribution in [0.1, 0.15) is 29.5 Å². The van der Waals surface area contributed by atoms with Gasteiger partial charge in [-0.1, -0.05) is 60.7 Å². The highest BCUT2D eigenvalue weighted by Crippen LogP contribution is 2.34. The van der Waals surface area contributed by atoms with Crippen molar-refractivity contribution in [1.82, 2.24) is 34.6 Å². The van der Waals surface area contributed by atoms with Crippen LogP contribution in [-0.2, 0) is 4.79 Å². The fourth-order valence-corrected chi connectivity index (χ4v) is 5.50. The zero-order valence-electron chi connectivity index (χ0n) is 22.5. The van der Waals surface area contributed by atoms with Gasteiger partial charge in [-0.05, 0) is 17.5 Å². The molecule has 3 heterocycles. The summed E-state index contributed by atoms with van der Waals surface area (Å²) >= 11 is 0. The third-order valence-corrected chi connectivity index (χ3v) is 7.60. The minimum Gasteiger partial charge on any atom is -0.388 e. The summed E-state index contributed by atoms with van der Waals surface area (Å²) < 4.78 is 3.12. The molecular formula is C29H31N9O4. The number of nitrogens with zero attached hydrogens (tertiary/aromatic N) is 6. The van der Waals surface area contributed by atoms with E-state index in [1.165, 1.54) is 11.0 Å². The molecule has 1 amide bonds. The largest absolute Gasteiger partial charge is 0.388 e. The number of imidazole rings is 1. The van der Waals surface area contributed by atoms with E-state index < -0.39 is 36.8 Å². The Hall–Kier alpha value is -4.85. The maximum atomic E-state index is 11.8. The van der Waals surface area contributed by atoms with Crippen LogP contribution in [0.15, 0.2) is 79.3 Å². The van der Waals surface area contributed by atoms with Crippen LogP contribution in [0.2, 0.25) is 0 Å². The van der Waals surface area contributed by atoms with E-state index in [9.17, 15) is 15.0 Å². The van der Waals surface area contributed by atoms with Crippen molar-refractivity contribution < 1.29 is 20.1 Å². The second-order valence-electron chi connectivity index (χ2n) is 10.3. The molecule has 0 bridgehead atoms. The van der Waals surface area contributed by atoms with Crippen molar-refractivity contribution in [3.63, 3.8) is 0 Å². The Kier molecular flexibility index (Phi) is 7.52. The number of nitrogens with one attached hydrogen (secondary N) is 2. The van der Waals surface area contributed by atoms with Crippen molar-refractivity contribution in [3.8, 4) is 5.95 Å². The van der Waals surface area contributed by atoms with Gasteiger partial charge in [-0.25, -0.2) is 9.67 Å². The lowest BCUT2D eigenvalue weighted by Gasteiger charge is -2.20. The lowest BCUT2D eigenvalue weighted by atomic mass is 9.91. The normalized spacial score (nSPS) is 20.3. The lowest BCUT2D eigenvalue weighted by Crippen LogP contribution is -2.44. The van der Waals surface area contributed by atoms with Crippen molar-refractivity contribution in [1.29, 1.82) is 0 Å². The summed E-state index contributed by atoms with van der Waals surface area (Å²) in [6.07, 6.45) is 0.911. The first kappa shape index (κ1) is 27.3. The predicted molar refractivity (Wildman–Crippen MR) is 155 cm³/mol. The Morgan fingerprint density at radius 3 is 2.31 bits per heavy atom. The highest BCUT2D eigenvalue weighted by Gasteiger charge is 2.43. The van der Waals surface area contributed by atoms with Crippen LogP contribution >= 0.6 is 0 Å². The number of hydrogen-bond acceptors (Lipinski definition) is 10. The number of nitrogens with two attached hydrogens (primary N) is 1. The Morgan fingerprint density at radius 2 is 1.69 bits per heavy atom. The van der Waals surface area contributed by atoms with Crippen LogP contribution in [-0.4, -0.2) is 81.9 Å². The minimum absolute atomic E-state index is 0.00555.